The SMILES string of the molecule is Cc1n[nH]c(C(=O)N2CCN(C(=O)c3cc4nc(C5CCCCC5)cc(C(C)(C)C)c4o3)C(C)(C)C2)n1. The monoisotopic (exact) mass is 506 g/mol. The van der Waals surface area contributed by atoms with Crippen LogP contribution in [-0.2, 0) is 5.41 Å². The topological polar surface area (TPSA) is 108 Å². The molecule has 0 aromatic carbocycles. The summed E-state index contributed by atoms with van der Waals surface area (Å²) >= 11 is 0. The number of rotatable bonds is 3. The number of carbonyl (C=O) groups is 2. The van der Waals surface area contributed by atoms with Crippen molar-refractivity contribution in [1.29, 1.82) is 0 Å². The number of hydrogen-bond acceptors (Lipinski definition) is 6. The Kier molecular flexibility index (Phi) is 6.36. The van der Waals surface area contributed by atoms with Gasteiger partial charge >= 0.3 is 0 Å². The molecule has 9 nitrogen and oxygen atoms in total. The van der Waals surface area contributed by atoms with Crippen molar-refractivity contribution in [3.05, 3.63) is 40.8 Å². The highest BCUT2D eigenvalue weighted by atomic mass is 16.3. The van der Waals surface area contributed by atoms with Gasteiger partial charge in [0.25, 0.3) is 11.8 Å². The Hall–Kier alpha value is -3.23. The maximum Gasteiger partial charge on any atom is 0.291 e. The quantitative estimate of drug-likeness (QED) is 0.537. The van der Waals surface area contributed by atoms with Crippen molar-refractivity contribution in [2.45, 2.75) is 90.5 Å². The van der Waals surface area contributed by atoms with Gasteiger partial charge in [-0.2, -0.15) is 5.10 Å². The molecule has 5 rings (SSSR count). The number of furan rings is 1. The molecule has 1 saturated heterocycles. The number of aromatic nitrogens is 4. The molecule has 1 saturated carbocycles. The predicted octanol–water partition coefficient (Wildman–Crippen LogP) is 4.98. The van der Waals surface area contributed by atoms with Gasteiger partial charge in [0.15, 0.2) is 11.3 Å². The molecule has 198 valence electrons. The summed E-state index contributed by atoms with van der Waals surface area (Å²) in [4.78, 5) is 39.4. The Morgan fingerprint density at radius 3 is 2.41 bits per heavy atom. The first-order chi connectivity index (χ1) is 17.4. The first kappa shape index (κ1) is 25.4. The molecule has 0 spiro atoms. The zero-order valence-electron chi connectivity index (χ0n) is 22.8. The van der Waals surface area contributed by atoms with Gasteiger partial charge in [-0.3, -0.25) is 14.7 Å². The van der Waals surface area contributed by atoms with Crippen molar-refractivity contribution in [3.8, 4) is 0 Å². The third-order valence-corrected chi connectivity index (χ3v) is 7.78. The number of H-pyrrole nitrogens is 1. The lowest BCUT2D eigenvalue weighted by atomic mass is 9.82. The first-order valence-electron chi connectivity index (χ1n) is 13.4. The summed E-state index contributed by atoms with van der Waals surface area (Å²) in [5.74, 6) is 1.12. The van der Waals surface area contributed by atoms with E-state index in [1.54, 1.807) is 16.7 Å². The van der Waals surface area contributed by atoms with E-state index >= 15 is 0 Å². The van der Waals surface area contributed by atoms with Crippen molar-refractivity contribution in [1.82, 2.24) is 30.0 Å². The number of fused-ring (bicyclic) bond motifs is 1. The number of aryl methyl sites for hydroxylation is 1. The second-order valence-electron chi connectivity index (χ2n) is 12.2. The van der Waals surface area contributed by atoms with E-state index in [2.05, 4.69) is 42.0 Å². The van der Waals surface area contributed by atoms with Gasteiger partial charge in [0.2, 0.25) is 5.82 Å². The molecule has 0 bridgehead atoms. The van der Waals surface area contributed by atoms with Crippen LogP contribution in [-0.4, -0.2) is 67.0 Å². The predicted molar refractivity (Wildman–Crippen MR) is 141 cm³/mol. The van der Waals surface area contributed by atoms with Crippen LogP contribution in [0.4, 0.5) is 0 Å². The lowest BCUT2D eigenvalue weighted by Gasteiger charge is -2.46. The number of pyridine rings is 1. The van der Waals surface area contributed by atoms with E-state index in [1.807, 2.05) is 19.9 Å². The van der Waals surface area contributed by atoms with E-state index < -0.39 is 5.54 Å². The molecule has 37 heavy (non-hydrogen) atoms. The number of carbonyl (C=O) groups excluding carboxylic acids is 2. The summed E-state index contributed by atoms with van der Waals surface area (Å²) in [5, 5.41) is 6.66. The molecule has 2 fully saturated rings. The third kappa shape index (κ3) is 4.88. The average molecular weight is 507 g/mol. The van der Waals surface area contributed by atoms with Gasteiger partial charge in [-0.05, 0) is 45.1 Å². The summed E-state index contributed by atoms with van der Waals surface area (Å²) < 4.78 is 6.27. The summed E-state index contributed by atoms with van der Waals surface area (Å²) in [6.07, 6.45) is 6.10. The second-order valence-corrected chi connectivity index (χ2v) is 12.2. The molecule has 9 heteroatoms. The van der Waals surface area contributed by atoms with E-state index in [9.17, 15) is 9.59 Å². The molecule has 4 heterocycles. The number of nitrogens with one attached hydrogen (secondary N) is 1. The van der Waals surface area contributed by atoms with Crippen molar-refractivity contribution >= 4 is 22.9 Å². The van der Waals surface area contributed by atoms with Crippen LogP contribution in [0.15, 0.2) is 16.5 Å². The molecule has 1 aliphatic carbocycles. The molecule has 1 N–H and O–H groups in total. The lowest BCUT2D eigenvalue weighted by Crippen LogP contribution is -2.62. The minimum Gasteiger partial charge on any atom is -0.449 e. The minimum atomic E-state index is -0.591. The Balaban J connectivity index is 1.42. The highest BCUT2D eigenvalue weighted by Crippen LogP contribution is 2.38. The summed E-state index contributed by atoms with van der Waals surface area (Å²) in [6.45, 7) is 13.4. The first-order valence-corrected chi connectivity index (χ1v) is 13.4. The molecule has 2 amide bonds. The van der Waals surface area contributed by atoms with Crippen LogP contribution in [0.1, 0.15) is 111 Å². The molecule has 1 aliphatic heterocycles. The normalized spacial score (nSPS) is 19.0. The second kappa shape index (κ2) is 9.26. The van der Waals surface area contributed by atoms with Crippen LogP contribution in [0.25, 0.3) is 11.1 Å². The van der Waals surface area contributed by atoms with Crippen LogP contribution in [0.5, 0.6) is 0 Å². The Bertz CT molecular complexity index is 1330. The van der Waals surface area contributed by atoms with Crippen LogP contribution in [0.2, 0.25) is 0 Å². The smallest absolute Gasteiger partial charge is 0.291 e. The van der Waals surface area contributed by atoms with E-state index in [-0.39, 0.29) is 23.1 Å². The fourth-order valence-electron chi connectivity index (χ4n) is 5.74. The fraction of sp³-hybridized carbons (Fsp3) is 0.607. The van der Waals surface area contributed by atoms with Crippen LogP contribution in [0.3, 0.4) is 0 Å². The maximum atomic E-state index is 13.8. The lowest BCUT2D eigenvalue weighted by molar-refractivity contribution is 0.0146. The number of hydrogen-bond donors (Lipinski definition) is 1. The van der Waals surface area contributed by atoms with Crippen molar-refractivity contribution < 1.29 is 14.0 Å². The highest BCUT2D eigenvalue weighted by molar-refractivity contribution is 5.97. The van der Waals surface area contributed by atoms with Crippen molar-refractivity contribution in [2.75, 3.05) is 19.6 Å². The molecule has 0 radical (unpaired) electrons. The Morgan fingerprint density at radius 2 is 1.78 bits per heavy atom. The van der Waals surface area contributed by atoms with Crippen molar-refractivity contribution in [2.24, 2.45) is 0 Å². The molecule has 2 aliphatic rings. The van der Waals surface area contributed by atoms with Gasteiger partial charge in [0.05, 0.1) is 5.54 Å². The minimum absolute atomic E-state index is 0.146. The van der Waals surface area contributed by atoms with E-state index in [0.717, 1.165) is 29.6 Å². The van der Waals surface area contributed by atoms with Crippen LogP contribution < -0.4 is 0 Å². The third-order valence-electron chi connectivity index (χ3n) is 7.78. The Morgan fingerprint density at radius 1 is 1.05 bits per heavy atom. The number of piperazine rings is 1. The van der Waals surface area contributed by atoms with Crippen LogP contribution in [0, 0.1) is 6.92 Å². The summed E-state index contributed by atoms with van der Waals surface area (Å²) in [6, 6.07) is 4.01. The van der Waals surface area contributed by atoms with Gasteiger partial charge in [0, 0.05) is 42.9 Å². The number of nitrogens with zero attached hydrogens (tertiary/aromatic N) is 5. The standard InChI is InChI=1S/C28H38N6O3/c1-17-29-24(32-31-17)26(36)33-12-13-34(28(5,6)16-33)25(35)22-15-21-23(37-22)19(27(2,3)4)14-20(30-21)18-10-8-7-9-11-18/h14-15,18H,7-13,16H2,1-6H3,(H,29,31,32). The van der Waals surface area contributed by atoms with E-state index in [1.165, 1.54) is 19.3 Å². The van der Waals surface area contributed by atoms with Gasteiger partial charge in [0.1, 0.15) is 11.3 Å². The van der Waals surface area contributed by atoms with Gasteiger partial charge < -0.3 is 14.2 Å². The number of amides is 2. The van der Waals surface area contributed by atoms with Crippen molar-refractivity contribution in [3.63, 3.8) is 0 Å². The fourth-order valence-corrected chi connectivity index (χ4v) is 5.74. The van der Waals surface area contributed by atoms with E-state index in [0.29, 0.717) is 42.7 Å². The van der Waals surface area contributed by atoms with Gasteiger partial charge in [-0.1, -0.05) is 40.0 Å². The largest absolute Gasteiger partial charge is 0.449 e. The molecule has 3 aromatic heterocycles. The molecular formula is C28H38N6O3. The summed E-state index contributed by atoms with van der Waals surface area (Å²) in [7, 11) is 0. The number of aromatic amines is 1. The zero-order chi connectivity index (χ0) is 26.5. The molecule has 3 aromatic rings. The van der Waals surface area contributed by atoms with E-state index in [4.69, 9.17) is 9.40 Å². The average Bonchev–Trinajstić information content (AvgIpc) is 3.48. The maximum absolute atomic E-state index is 13.8. The summed E-state index contributed by atoms with van der Waals surface area (Å²) in [5.41, 5.74) is 2.92. The Labute approximate surface area is 218 Å². The zero-order valence-corrected chi connectivity index (χ0v) is 22.8. The van der Waals surface area contributed by atoms with Gasteiger partial charge in [-0.15, -0.1) is 0 Å². The van der Waals surface area contributed by atoms with Gasteiger partial charge in [-0.25, -0.2) is 9.97 Å². The highest BCUT2D eigenvalue weighted by Gasteiger charge is 2.40. The van der Waals surface area contributed by atoms with Crippen LogP contribution >= 0.6 is 0 Å². The molecule has 0 unspecified atom stereocenters. The molecule has 0 atom stereocenters. The molecular weight excluding hydrogens is 468 g/mol.